The molecule has 1 aromatic heterocycles. The van der Waals surface area contributed by atoms with Gasteiger partial charge >= 0.3 is 0 Å². The number of nitrogens with zero attached hydrogens (tertiary/aromatic N) is 6. The third kappa shape index (κ3) is 5.65. The van der Waals surface area contributed by atoms with Gasteiger partial charge in [0.15, 0.2) is 0 Å². The molecule has 1 N–H and O–H groups in total. The highest BCUT2D eigenvalue weighted by Crippen LogP contribution is 2.41. The van der Waals surface area contributed by atoms with E-state index in [4.69, 9.17) is 4.98 Å². The summed E-state index contributed by atoms with van der Waals surface area (Å²) in [5.41, 5.74) is 6.18. The molecule has 4 heterocycles. The highest BCUT2D eigenvalue weighted by molar-refractivity contribution is 5.99. The van der Waals surface area contributed by atoms with Crippen molar-refractivity contribution < 1.29 is 18.8 Å². The number of halogens is 1. The molecule has 2 aromatic rings. The normalized spacial score (nSPS) is 23.3. The van der Waals surface area contributed by atoms with E-state index in [1.807, 2.05) is 41.1 Å². The van der Waals surface area contributed by atoms with E-state index in [2.05, 4.69) is 39.6 Å². The standard InChI is InChI=1S/C36H42FN7O3/c1-23(2)33-36(47)40(3)31-12-10-28(43-14-13-26(21-43)38-22-45)20-29(31)34-39-30-19-24(7-11-32(30)44(33)34)35(46)42-17-15-41(16-18-42)27-6-4-5-25(37)8-9-27/h5-9,11,19-20,22-23,26,33H,4,10,12-18,21H2,1-3H3,(H,38,45). The van der Waals surface area contributed by atoms with Crippen LogP contribution in [0.2, 0.25) is 0 Å². The molecule has 2 atom stereocenters. The molecule has 10 nitrogen and oxygen atoms in total. The first-order valence-corrected chi connectivity index (χ1v) is 16.7. The van der Waals surface area contributed by atoms with Crippen molar-refractivity contribution in [2.24, 2.45) is 5.92 Å². The van der Waals surface area contributed by atoms with E-state index in [1.54, 1.807) is 12.2 Å². The molecule has 1 aromatic carbocycles. The van der Waals surface area contributed by atoms with E-state index < -0.39 is 6.04 Å². The van der Waals surface area contributed by atoms with Crippen LogP contribution in [0.5, 0.6) is 0 Å². The summed E-state index contributed by atoms with van der Waals surface area (Å²) in [6, 6.07) is 5.35. The first kappa shape index (κ1) is 31.0. The number of benzene rings is 1. The lowest BCUT2D eigenvalue weighted by Crippen LogP contribution is -2.48. The summed E-state index contributed by atoms with van der Waals surface area (Å²) in [6.45, 7) is 8.23. The zero-order valence-corrected chi connectivity index (χ0v) is 27.3. The zero-order valence-electron chi connectivity index (χ0n) is 27.3. The van der Waals surface area contributed by atoms with Gasteiger partial charge in [-0.15, -0.1) is 0 Å². The smallest absolute Gasteiger partial charge is 0.254 e. The summed E-state index contributed by atoms with van der Waals surface area (Å²) in [6.07, 6.45) is 12.8. The van der Waals surface area contributed by atoms with Crippen molar-refractivity contribution in [3.05, 3.63) is 82.9 Å². The van der Waals surface area contributed by atoms with Crippen LogP contribution in [0.4, 0.5) is 4.39 Å². The molecule has 0 spiro atoms. The maximum Gasteiger partial charge on any atom is 0.254 e. The van der Waals surface area contributed by atoms with E-state index >= 15 is 0 Å². The number of fused-ring (bicyclic) bond motifs is 4. The van der Waals surface area contributed by atoms with Crippen LogP contribution in [0.15, 0.2) is 71.5 Å². The average molecular weight is 640 g/mol. The fourth-order valence-corrected chi connectivity index (χ4v) is 7.65. The molecule has 0 radical (unpaired) electrons. The molecule has 2 fully saturated rings. The number of carbonyl (C=O) groups excluding carboxylic acids is 3. The Morgan fingerprint density at radius 2 is 1.87 bits per heavy atom. The Kier molecular flexibility index (Phi) is 8.23. The second kappa shape index (κ2) is 12.5. The van der Waals surface area contributed by atoms with Gasteiger partial charge in [-0.05, 0) is 74.1 Å². The Morgan fingerprint density at radius 1 is 1.06 bits per heavy atom. The zero-order chi connectivity index (χ0) is 32.8. The highest BCUT2D eigenvalue weighted by Gasteiger charge is 2.39. The third-order valence-corrected chi connectivity index (χ3v) is 10.2. The summed E-state index contributed by atoms with van der Waals surface area (Å²) in [5.74, 6) is 0.529. The van der Waals surface area contributed by atoms with Crippen LogP contribution < -0.4 is 5.32 Å². The molecule has 47 heavy (non-hydrogen) atoms. The fourth-order valence-electron chi connectivity index (χ4n) is 7.65. The van der Waals surface area contributed by atoms with Crippen LogP contribution in [0.3, 0.4) is 0 Å². The number of hydrogen-bond acceptors (Lipinski definition) is 6. The minimum absolute atomic E-state index is 0.0166. The first-order chi connectivity index (χ1) is 22.7. The van der Waals surface area contributed by atoms with Crippen LogP contribution in [0.25, 0.3) is 16.6 Å². The molecule has 0 bridgehead atoms. The SMILES string of the molecule is CC(C)C1C(=O)N(C)C2=C(C=C(N3CCC(NC=O)C3)CC2)c2nc3cc(C(=O)N4CCN(C5=CCC=C(F)C=C5)CC4)ccc3n21. The van der Waals surface area contributed by atoms with Gasteiger partial charge in [0.2, 0.25) is 12.3 Å². The van der Waals surface area contributed by atoms with Crippen LogP contribution in [-0.4, -0.2) is 99.7 Å². The topological polar surface area (TPSA) is 94.0 Å². The number of rotatable bonds is 6. The number of nitrogens with one attached hydrogen (secondary N) is 1. The number of imidazole rings is 1. The van der Waals surface area contributed by atoms with Crippen LogP contribution in [-0.2, 0) is 9.59 Å². The molecular formula is C36H42FN7O3. The van der Waals surface area contributed by atoms with Gasteiger partial charge in [0.05, 0.1) is 11.0 Å². The molecule has 5 aliphatic rings. The van der Waals surface area contributed by atoms with Crippen LogP contribution in [0.1, 0.15) is 61.8 Å². The summed E-state index contributed by atoms with van der Waals surface area (Å²) in [4.78, 5) is 52.2. The molecule has 0 saturated carbocycles. The fraction of sp³-hybridized carbons (Fsp3) is 0.444. The van der Waals surface area contributed by atoms with E-state index in [0.29, 0.717) is 50.1 Å². The Bertz CT molecular complexity index is 1780. The summed E-state index contributed by atoms with van der Waals surface area (Å²) in [5, 5.41) is 2.92. The third-order valence-electron chi connectivity index (χ3n) is 10.2. The van der Waals surface area contributed by atoms with Crippen molar-refractivity contribution in [3.8, 4) is 0 Å². The van der Waals surface area contributed by atoms with Gasteiger partial charge in [0, 0.05) is 80.6 Å². The quantitative estimate of drug-likeness (QED) is 0.472. The Morgan fingerprint density at radius 3 is 2.64 bits per heavy atom. The first-order valence-electron chi connectivity index (χ1n) is 16.7. The van der Waals surface area contributed by atoms with E-state index in [1.165, 1.54) is 11.8 Å². The number of allylic oxidation sites excluding steroid dienone is 9. The minimum Gasteiger partial charge on any atom is -0.373 e. The van der Waals surface area contributed by atoms with Crippen LogP contribution >= 0.6 is 0 Å². The maximum atomic E-state index is 14.0. The Hall–Kier alpha value is -4.67. The van der Waals surface area contributed by atoms with Gasteiger partial charge in [-0.2, -0.15) is 0 Å². The predicted molar refractivity (Wildman–Crippen MR) is 178 cm³/mol. The highest BCUT2D eigenvalue weighted by atomic mass is 19.1. The molecule has 246 valence electrons. The van der Waals surface area contributed by atoms with E-state index in [9.17, 15) is 18.8 Å². The average Bonchev–Trinajstić information content (AvgIpc) is 3.61. The van der Waals surface area contributed by atoms with Gasteiger partial charge in [-0.1, -0.05) is 19.9 Å². The van der Waals surface area contributed by atoms with E-state index in [0.717, 1.165) is 60.6 Å². The molecule has 2 unspecified atom stereocenters. The molecule has 3 amide bonds. The van der Waals surface area contributed by atoms with Crippen molar-refractivity contribution >= 4 is 34.8 Å². The van der Waals surface area contributed by atoms with Crippen molar-refractivity contribution in [2.45, 2.75) is 51.6 Å². The number of hydrogen-bond donors (Lipinski definition) is 1. The maximum absolute atomic E-state index is 14.0. The Labute approximate surface area is 274 Å². The van der Waals surface area contributed by atoms with Gasteiger partial charge in [0.25, 0.3) is 5.91 Å². The number of piperazine rings is 1. The van der Waals surface area contributed by atoms with Gasteiger partial charge in [-0.25, -0.2) is 9.37 Å². The van der Waals surface area contributed by atoms with Crippen molar-refractivity contribution in [1.82, 2.24) is 34.5 Å². The largest absolute Gasteiger partial charge is 0.373 e. The van der Waals surface area contributed by atoms with Crippen LogP contribution in [0, 0.1) is 5.92 Å². The van der Waals surface area contributed by atoms with Gasteiger partial charge in [-0.3, -0.25) is 14.4 Å². The minimum atomic E-state index is -0.443. The lowest BCUT2D eigenvalue weighted by atomic mass is 9.98. The van der Waals surface area contributed by atoms with Crippen molar-refractivity contribution in [1.29, 1.82) is 0 Å². The Balaban J connectivity index is 1.19. The molecule has 11 heteroatoms. The summed E-state index contributed by atoms with van der Waals surface area (Å²) >= 11 is 0. The number of amides is 3. The molecular weight excluding hydrogens is 597 g/mol. The van der Waals surface area contributed by atoms with Gasteiger partial charge < -0.3 is 29.5 Å². The lowest BCUT2D eigenvalue weighted by molar-refractivity contribution is -0.132. The molecule has 7 rings (SSSR count). The van der Waals surface area contributed by atoms with Gasteiger partial charge in [0.1, 0.15) is 17.7 Å². The number of likely N-dealkylation sites (tertiary alicyclic amines) is 1. The summed E-state index contributed by atoms with van der Waals surface area (Å²) in [7, 11) is 1.87. The van der Waals surface area contributed by atoms with Crippen molar-refractivity contribution in [2.75, 3.05) is 46.3 Å². The second-order valence-corrected chi connectivity index (χ2v) is 13.4. The molecule has 2 aliphatic carbocycles. The predicted octanol–water partition coefficient (Wildman–Crippen LogP) is 4.37. The summed E-state index contributed by atoms with van der Waals surface area (Å²) < 4.78 is 15.8. The van der Waals surface area contributed by atoms with Crippen molar-refractivity contribution in [3.63, 3.8) is 0 Å². The monoisotopic (exact) mass is 639 g/mol. The van der Waals surface area contributed by atoms with E-state index in [-0.39, 0.29) is 29.6 Å². The second-order valence-electron chi connectivity index (χ2n) is 13.4. The lowest BCUT2D eigenvalue weighted by Gasteiger charge is -2.36. The molecule has 3 aliphatic heterocycles. The molecule has 2 saturated heterocycles. The number of likely N-dealkylation sites (N-methyl/N-ethyl adjacent to an activating group) is 1. The number of carbonyl (C=O) groups is 3. The number of aromatic nitrogens is 2.